The average Bonchev–Trinajstić information content (AvgIpc) is 2.62. The SMILES string of the molecule is COCCOc1ccc(CN=C(N)Nc2ccc(OC(C)C)cc2)cc1. The molecule has 0 atom stereocenters. The summed E-state index contributed by atoms with van der Waals surface area (Å²) in [7, 11) is 1.65. The molecular formula is C20H27N3O3. The van der Waals surface area contributed by atoms with Crippen LogP contribution in [0, 0.1) is 0 Å². The molecule has 2 rings (SSSR count). The Morgan fingerprint density at radius 2 is 1.65 bits per heavy atom. The Kier molecular flexibility index (Phi) is 7.76. The van der Waals surface area contributed by atoms with Gasteiger partial charge in [0.05, 0.1) is 19.3 Å². The molecule has 2 aromatic rings. The molecule has 0 aliphatic rings. The highest BCUT2D eigenvalue weighted by Crippen LogP contribution is 2.17. The Balaban J connectivity index is 1.83. The molecule has 0 radical (unpaired) electrons. The largest absolute Gasteiger partial charge is 0.491 e. The molecule has 0 amide bonds. The number of hydrogen-bond acceptors (Lipinski definition) is 4. The lowest BCUT2D eigenvalue weighted by molar-refractivity contribution is 0.146. The lowest BCUT2D eigenvalue weighted by Gasteiger charge is -2.11. The quantitative estimate of drug-likeness (QED) is 0.408. The van der Waals surface area contributed by atoms with Gasteiger partial charge in [-0.05, 0) is 55.8 Å². The van der Waals surface area contributed by atoms with E-state index in [2.05, 4.69) is 10.3 Å². The number of hydrogen-bond donors (Lipinski definition) is 2. The second kappa shape index (κ2) is 10.3. The van der Waals surface area contributed by atoms with Gasteiger partial charge >= 0.3 is 0 Å². The van der Waals surface area contributed by atoms with Crippen LogP contribution in [-0.2, 0) is 11.3 Å². The van der Waals surface area contributed by atoms with Crippen LogP contribution in [-0.4, -0.2) is 32.4 Å². The standard InChI is InChI=1S/C20H27N3O3/c1-15(2)26-19-10-6-17(7-11-19)23-20(21)22-14-16-4-8-18(9-5-16)25-13-12-24-3/h4-11,15H,12-14H2,1-3H3,(H3,21,22,23). The van der Waals surface area contributed by atoms with E-state index in [1.807, 2.05) is 62.4 Å². The van der Waals surface area contributed by atoms with Crippen LogP contribution in [0.25, 0.3) is 0 Å². The highest BCUT2D eigenvalue weighted by molar-refractivity contribution is 5.92. The van der Waals surface area contributed by atoms with E-state index < -0.39 is 0 Å². The van der Waals surface area contributed by atoms with Gasteiger partial charge in [-0.15, -0.1) is 0 Å². The number of benzene rings is 2. The number of aliphatic imine (C=N–C) groups is 1. The van der Waals surface area contributed by atoms with E-state index in [1.165, 1.54) is 0 Å². The number of ether oxygens (including phenoxy) is 3. The summed E-state index contributed by atoms with van der Waals surface area (Å²) < 4.78 is 16.1. The second-order valence-electron chi connectivity index (χ2n) is 6.00. The summed E-state index contributed by atoms with van der Waals surface area (Å²) in [6, 6.07) is 15.4. The zero-order valence-corrected chi connectivity index (χ0v) is 15.6. The minimum absolute atomic E-state index is 0.150. The van der Waals surface area contributed by atoms with Crippen LogP contribution in [0.1, 0.15) is 19.4 Å². The second-order valence-corrected chi connectivity index (χ2v) is 6.00. The van der Waals surface area contributed by atoms with Crippen molar-refractivity contribution in [3.63, 3.8) is 0 Å². The number of methoxy groups -OCH3 is 1. The fourth-order valence-electron chi connectivity index (χ4n) is 2.19. The molecule has 2 aromatic carbocycles. The Morgan fingerprint density at radius 3 is 2.27 bits per heavy atom. The lowest BCUT2D eigenvalue weighted by atomic mass is 10.2. The maximum absolute atomic E-state index is 5.95. The van der Waals surface area contributed by atoms with E-state index in [9.17, 15) is 0 Å². The summed E-state index contributed by atoms with van der Waals surface area (Å²) in [5, 5.41) is 3.07. The Morgan fingerprint density at radius 1 is 1.00 bits per heavy atom. The monoisotopic (exact) mass is 357 g/mol. The van der Waals surface area contributed by atoms with Crippen molar-refractivity contribution in [3.8, 4) is 11.5 Å². The fraction of sp³-hybridized carbons (Fsp3) is 0.350. The Labute approximate surface area is 155 Å². The van der Waals surface area contributed by atoms with Crippen LogP contribution in [0.3, 0.4) is 0 Å². The number of nitrogens with zero attached hydrogens (tertiary/aromatic N) is 1. The minimum atomic E-state index is 0.150. The van der Waals surface area contributed by atoms with Crippen LogP contribution in [0.2, 0.25) is 0 Å². The smallest absolute Gasteiger partial charge is 0.193 e. The molecule has 0 heterocycles. The van der Waals surface area contributed by atoms with Crippen molar-refractivity contribution in [3.05, 3.63) is 54.1 Å². The summed E-state index contributed by atoms with van der Waals surface area (Å²) in [5.74, 6) is 2.00. The molecule has 0 bridgehead atoms. The van der Waals surface area contributed by atoms with Crippen molar-refractivity contribution in [2.45, 2.75) is 26.5 Å². The number of nitrogens with one attached hydrogen (secondary N) is 1. The number of nitrogens with two attached hydrogens (primary N) is 1. The first-order chi connectivity index (χ1) is 12.6. The van der Waals surface area contributed by atoms with Crippen molar-refractivity contribution in [2.75, 3.05) is 25.6 Å². The first kappa shape index (κ1) is 19.6. The van der Waals surface area contributed by atoms with Gasteiger partial charge in [-0.3, -0.25) is 0 Å². The van der Waals surface area contributed by atoms with Crippen LogP contribution in [0.5, 0.6) is 11.5 Å². The summed E-state index contributed by atoms with van der Waals surface area (Å²) in [6.45, 7) is 5.58. The van der Waals surface area contributed by atoms with Crippen molar-refractivity contribution >= 4 is 11.6 Å². The third-order valence-electron chi connectivity index (χ3n) is 3.41. The molecule has 6 nitrogen and oxygen atoms in total. The molecule has 0 saturated carbocycles. The van der Waals surface area contributed by atoms with E-state index in [1.54, 1.807) is 7.11 Å². The highest BCUT2D eigenvalue weighted by Gasteiger charge is 2.00. The number of guanidine groups is 1. The van der Waals surface area contributed by atoms with Crippen LogP contribution >= 0.6 is 0 Å². The predicted octanol–water partition coefficient (Wildman–Crippen LogP) is 3.43. The maximum atomic E-state index is 5.95. The van der Waals surface area contributed by atoms with Gasteiger partial charge in [-0.2, -0.15) is 0 Å². The fourth-order valence-corrected chi connectivity index (χ4v) is 2.19. The Hall–Kier alpha value is -2.73. The predicted molar refractivity (Wildman–Crippen MR) is 105 cm³/mol. The average molecular weight is 357 g/mol. The molecule has 0 aliphatic carbocycles. The zero-order valence-electron chi connectivity index (χ0n) is 15.6. The summed E-state index contributed by atoms with van der Waals surface area (Å²) >= 11 is 0. The van der Waals surface area contributed by atoms with Gasteiger partial charge in [0.25, 0.3) is 0 Å². The molecule has 26 heavy (non-hydrogen) atoms. The molecule has 0 aliphatic heterocycles. The van der Waals surface area contributed by atoms with Gasteiger partial charge in [0, 0.05) is 12.8 Å². The lowest BCUT2D eigenvalue weighted by Crippen LogP contribution is -2.22. The van der Waals surface area contributed by atoms with Gasteiger partial charge in [0.1, 0.15) is 18.1 Å². The summed E-state index contributed by atoms with van der Waals surface area (Å²) in [4.78, 5) is 4.36. The molecule has 6 heteroatoms. The highest BCUT2D eigenvalue weighted by atomic mass is 16.5. The van der Waals surface area contributed by atoms with Crippen molar-refractivity contribution in [1.29, 1.82) is 0 Å². The minimum Gasteiger partial charge on any atom is -0.491 e. The van der Waals surface area contributed by atoms with Gasteiger partial charge < -0.3 is 25.3 Å². The number of rotatable bonds is 9. The van der Waals surface area contributed by atoms with Crippen molar-refractivity contribution < 1.29 is 14.2 Å². The van der Waals surface area contributed by atoms with Crippen LogP contribution in [0.15, 0.2) is 53.5 Å². The molecular weight excluding hydrogens is 330 g/mol. The molecule has 0 saturated heterocycles. The van der Waals surface area contributed by atoms with E-state index >= 15 is 0 Å². The van der Waals surface area contributed by atoms with Gasteiger partial charge in [-0.1, -0.05) is 12.1 Å². The zero-order chi connectivity index (χ0) is 18.8. The van der Waals surface area contributed by atoms with Gasteiger partial charge in [0.2, 0.25) is 0 Å². The number of anilines is 1. The van der Waals surface area contributed by atoms with E-state index in [0.29, 0.717) is 25.7 Å². The first-order valence-corrected chi connectivity index (χ1v) is 8.61. The molecule has 0 fully saturated rings. The van der Waals surface area contributed by atoms with E-state index in [0.717, 1.165) is 22.7 Å². The van der Waals surface area contributed by atoms with Gasteiger partial charge in [-0.25, -0.2) is 4.99 Å². The van der Waals surface area contributed by atoms with E-state index in [-0.39, 0.29) is 6.10 Å². The summed E-state index contributed by atoms with van der Waals surface area (Å²) in [5.41, 5.74) is 7.87. The van der Waals surface area contributed by atoms with Crippen LogP contribution in [0.4, 0.5) is 5.69 Å². The molecule has 3 N–H and O–H groups in total. The third kappa shape index (κ3) is 7.03. The third-order valence-corrected chi connectivity index (χ3v) is 3.41. The van der Waals surface area contributed by atoms with Crippen molar-refractivity contribution in [2.24, 2.45) is 10.7 Å². The van der Waals surface area contributed by atoms with E-state index in [4.69, 9.17) is 19.9 Å². The maximum Gasteiger partial charge on any atom is 0.193 e. The molecule has 0 aromatic heterocycles. The molecule has 140 valence electrons. The van der Waals surface area contributed by atoms with Crippen LogP contribution < -0.4 is 20.5 Å². The normalized spacial score (nSPS) is 11.5. The summed E-state index contributed by atoms with van der Waals surface area (Å²) in [6.07, 6.45) is 0.150. The molecule has 0 unspecified atom stereocenters. The van der Waals surface area contributed by atoms with Crippen molar-refractivity contribution in [1.82, 2.24) is 0 Å². The Bertz CT molecular complexity index is 682. The van der Waals surface area contributed by atoms with Gasteiger partial charge in [0.15, 0.2) is 5.96 Å². The first-order valence-electron chi connectivity index (χ1n) is 8.61. The molecule has 0 spiro atoms. The topological polar surface area (TPSA) is 78.1 Å².